The highest BCUT2D eigenvalue weighted by Gasteiger charge is 2.30. The van der Waals surface area contributed by atoms with Crippen molar-refractivity contribution in [3.8, 4) is 11.1 Å². The Balaban J connectivity index is 1.91. The van der Waals surface area contributed by atoms with Gasteiger partial charge < -0.3 is 14.4 Å². The minimum atomic E-state index is -5.48. The number of amides is 1. The summed E-state index contributed by atoms with van der Waals surface area (Å²) < 4.78 is 274. The summed E-state index contributed by atoms with van der Waals surface area (Å²) in [5.41, 5.74) is -15.2. The maximum atomic E-state index is 15.2. The summed E-state index contributed by atoms with van der Waals surface area (Å²) >= 11 is -0.408. The van der Waals surface area contributed by atoms with Crippen molar-refractivity contribution in [2.45, 2.75) is 63.6 Å². The van der Waals surface area contributed by atoms with Gasteiger partial charge in [-0.3, -0.25) is 9.59 Å². The number of hydrogen-bond donors (Lipinski definition) is 0. The Bertz CT molecular complexity index is 2950. The van der Waals surface area contributed by atoms with Crippen LogP contribution in [0.5, 0.6) is 0 Å². The molecule has 1 aliphatic carbocycles. The highest BCUT2D eigenvalue weighted by atomic mass is 32.2. The first kappa shape index (κ1) is 15.3. The molecule has 1 aromatic heterocycles. The number of benzene rings is 3. The predicted molar refractivity (Wildman–Crippen MR) is 181 cm³/mol. The number of carbonyl (C=O) groups excluding carboxylic acids is 1. The van der Waals surface area contributed by atoms with E-state index in [0.29, 0.717) is 11.8 Å². The fourth-order valence-corrected chi connectivity index (χ4v) is 4.58. The molecule has 11 heteroatoms. The Morgan fingerprint density at radius 2 is 1.60 bits per heavy atom. The van der Waals surface area contributed by atoms with Crippen molar-refractivity contribution < 1.29 is 56.6 Å². The van der Waals surface area contributed by atoms with E-state index in [1.54, 1.807) is 0 Å². The standard InChI is InChI=1S/C37H40F4N4O2S/c1-4-43(5-2)18-19-44(22-26-6-10-28(11-7-26)29-12-14-30(15-13-29)37(39,40)41)34(46)23-45-33-21-25(3)20-32(33)35(47)42-36(45)48-24-27-8-16-31(38)17-9-27/h6-17,25H,4-5,18-24H2,1-3H3/i6D,7D,8D,9D,10D,11D,12D,13D,14D,15D,16D,17D,18D2,19D2,20D2,21D2,22D2,24D2,25D. The molecule has 1 heterocycles. The molecule has 0 spiro atoms. The van der Waals surface area contributed by atoms with Crippen molar-refractivity contribution in [2.75, 3.05) is 26.1 Å². The van der Waals surface area contributed by atoms with Crippen LogP contribution in [0.2, 0.25) is 0 Å². The smallest absolute Gasteiger partial charge is 0.336 e. The van der Waals surface area contributed by atoms with Gasteiger partial charge in [0.05, 0.1) is 27.5 Å². The molecule has 48 heavy (non-hydrogen) atoms. The highest BCUT2D eigenvalue weighted by molar-refractivity contribution is 7.98. The van der Waals surface area contributed by atoms with E-state index in [1.165, 1.54) is 13.8 Å². The maximum absolute atomic E-state index is 15.2. The van der Waals surface area contributed by atoms with Crippen molar-refractivity contribution in [3.63, 3.8) is 0 Å². The van der Waals surface area contributed by atoms with Gasteiger partial charge in [0.2, 0.25) is 5.91 Å². The third kappa shape index (κ3) is 8.73. The minimum absolute atomic E-state index is 0.163. The van der Waals surface area contributed by atoms with Crippen molar-refractivity contribution >= 4 is 17.7 Å². The number of rotatable bonds is 13. The average Bonchev–Trinajstić information content (AvgIpc) is 3.35. The van der Waals surface area contributed by atoms with Crippen LogP contribution in [0.3, 0.4) is 0 Å². The van der Waals surface area contributed by atoms with Gasteiger partial charge in [-0.05, 0) is 78.2 Å². The van der Waals surface area contributed by atoms with Crippen molar-refractivity contribution in [1.82, 2.24) is 19.4 Å². The molecule has 1 atom stereocenters. The van der Waals surface area contributed by atoms with E-state index in [4.69, 9.17) is 28.8 Å². The molecule has 0 bridgehead atoms. The van der Waals surface area contributed by atoms with E-state index in [0.717, 1.165) is 0 Å². The Morgan fingerprint density at radius 3 is 2.21 bits per heavy atom. The van der Waals surface area contributed by atoms with Crippen molar-refractivity contribution in [3.05, 3.63) is 117 Å². The first-order chi connectivity index (χ1) is 32.8. The molecule has 1 unspecified atom stereocenters. The molecular weight excluding hydrogens is 640 g/mol. The quantitative estimate of drug-likeness (QED) is 0.0822. The normalized spacial score (nSPS) is 26.7. The van der Waals surface area contributed by atoms with Crippen LogP contribution >= 0.6 is 11.8 Å². The summed E-state index contributed by atoms with van der Waals surface area (Å²) in [7, 11) is 0. The fourth-order valence-electron chi connectivity index (χ4n) is 3.89. The Morgan fingerprint density at radius 1 is 1.00 bits per heavy atom. The Kier molecular flexibility index (Phi) is 4.94. The predicted octanol–water partition coefficient (Wildman–Crippen LogP) is 7.47. The van der Waals surface area contributed by atoms with Crippen LogP contribution in [0.25, 0.3) is 11.1 Å². The van der Waals surface area contributed by atoms with Crippen LogP contribution in [-0.4, -0.2) is 51.3 Å². The van der Waals surface area contributed by atoms with Gasteiger partial charge in [0.15, 0.2) is 5.16 Å². The Labute approximate surface area is 317 Å². The van der Waals surface area contributed by atoms with Gasteiger partial charge in [0.1, 0.15) is 12.4 Å². The van der Waals surface area contributed by atoms with E-state index in [2.05, 4.69) is 4.98 Å². The molecule has 0 fully saturated rings. The lowest BCUT2D eigenvalue weighted by molar-refractivity contribution is -0.137. The lowest BCUT2D eigenvalue weighted by atomic mass is 10.0. The number of thioether (sulfide) groups is 1. The van der Waals surface area contributed by atoms with Crippen LogP contribution in [0.4, 0.5) is 17.6 Å². The number of nitrogens with zero attached hydrogens (tertiary/aromatic N) is 4. The molecule has 0 saturated carbocycles. The van der Waals surface area contributed by atoms with E-state index in [1.807, 2.05) is 0 Å². The summed E-state index contributed by atoms with van der Waals surface area (Å²) in [6.45, 7) is -11.5. The molecule has 6 nitrogen and oxygen atoms in total. The maximum Gasteiger partial charge on any atom is 0.416 e. The molecule has 3 aromatic carbocycles. The molecule has 0 aliphatic heterocycles. The number of carbonyl (C=O) groups is 1. The zero-order chi connectivity index (χ0) is 56.5. The number of hydrogen-bond acceptors (Lipinski definition) is 5. The molecule has 0 radical (unpaired) electrons. The zero-order valence-corrected chi connectivity index (χ0v) is 26.0. The van der Waals surface area contributed by atoms with E-state index < -0.39 is 220 Å². The lowest BCUT2D eigenvalue weighted by Crippen LogP contribution is -2.40. The first-order valence-corrected chi connectivity index (χ1v) is 14.6. The van der Waals surface area contributed by atoms with Gasteiger partial charge in [-0.15, -0.1) is 0 Å². The second-order valence-electron chi connectivity index (χ2n) is 9.51. The highest BCUT2D eigenvalue weighted by Crippen LogP contribution is 2.32. The third-order valence-corrected chi connectivity index (χ3v) is 7.04. The first-order valence-electron chi connectivity index (χ1n) is 26.3. The molecule has 254 valence electrons. The number of fused-ring (bicyclic) bond motifs is 1. The molecule has 5 rings (SSSR count). The molecule has 0 N–H and O–H groups in total. The van der Waals surface area contributed by atoms with Gasteiger partial charge >= 0.3 is 6.18 Å². The number of halogens is 4. The summed E-state index contributed by atoms with van der Waals surface area (Å²) in [6.07, 6.45) is -12.4. The van der Waals surface area contributed by atoms with E-state index in [9.17, 15) is 27.8 Å². The van der Waals surface area contributed by atoms with Crippen LogP contribution in [0.1, 0.15) is 83.0 Å². The summed E-state index contributed by atoms with van der Waals surface area (Å²) in [4.78, 5) is 32.7. The van der Waals surface area contributed by atoms with Crippen LogP contribution < -0.4 is 5.56 Å². The van der Waals surface area contributed by atoms with E-state index in [-0.39, 0.29) is 4.57 Å². The Hall–Kier alpha value is -3.96. The van der Waals surface area contributed by atoms with Gasteiger partial charge in [0, 0.05) is 48.8 Å². The second-order valence-corrected chi connectivity index (χ2v) is 10.3. The molecular formula is C37H40F4N4O2S. The third-order valence-electron chi connectivity index (χ3n) is 6.24. The summed E-state index contributed by atoms with van der Waals surface area (Å²) in [5.74, 6) is -6.95. The van der Waals surface area contributed by atoms with Gasteiger partial charge in [-0.25, -0.2) is 4.39 Å². The fraction of sp³-hybridized carbons (Fsp3) is 0.378. The molecule has 4 aromatic rings. The number of alkyl halides is 3. The summed E-state index contributed by atoms with van der Waals surface area (Å²) in [6, 6.07) is -18.3. The monoisotopic (exact) mass is 705 g/mol. The van der Waals surface area contributed by atoms with Crippen molar-refractivity contribution in [1.29, 1.82) is 0 Å². The van der Waals surface area contributed by atoms with E-state index >= 15 is 4.79 Å². The van der Waals surface area contributed by atoms with Crippen LogP contribution in [0.15, 0.2) is 82.5 Å². The topological polar surface area (TPSA) is 58.4 Å². The largest absolute Gasteiger partial charge is 0.416 e. The second kappa shape index (κ2) is 15.5. The summed E-state index contributed by atoms with van der Waals surface area (Å²) in [5, 5.41) is -1.27. The van der Waals surface area contributed by atoms with Gasteiger partial charge in [-0.2, -0.15) is 18.2 Å². The lowest BCUT2D eigenvalue weighted by Gasteiger charge is -2.28. The van der Waals surface area contributed by atoms with Crippen LogP contribution in [-0.2, 0) is 42.5 Å². The van der Waals surface area contributed by atoms with Gasteiger partial charge in [0.25, 0.3) is 5.56 Å². The molecule has 1 amide bonds. The minimum Gasteiger partial charge on any atom is -0.336 e. The molecule has 1 aliphatic rings. The number of aromatic nitrogens is 2. The zero-order valence-electron chi connectivity index (χ0n) is 50.1. The SMILES string of the molecule is [2H]c1c([2H])c(C([2H])([2H])Sc2nc(=O)c3c(n2CC(=O)N(C([2H])([2H])c2c([2H])c([2H])c(-c4c([2H])c([2H])c(C(F)(F)F)c([2H])c4[2H])c([2H])c2[2H])C([2H])([2H])C([2H])([2H])N(CC)CC)C([2H])([2H])C([2H])(C)C3([2H])[2H])c([2H])c([2H])c1F. The number of likely N-dealkylation sites (N-methyl/N-ethyl adjacent to an activating group) is 1. The van der Waals surface area contributed by atoms with Crippen LogP contribution in [0, 0.1) is 11.7 Å². The van der Waals surface area contributed by atoms with Gasteiger partial charge in [-0.1, -0.05) is 80.9 Å². The van der Waals surface area contributed by atoms with Crippen molar-refractivity contribution in [2.24, 2.45) is 5.89 Å². The average molecular weight is 706 g/mol. The molecule has 0 saturated heterocycles.